The molecule has 0 aliphatic carbocycles. The Bertz CT molecular complexity index is 448. The average molecular weight is 435 g/mol. The molecule has 0 atom stereocenters. The maximum Gasteiger partial charge on any atom is 0.306 e. The maximum absolute atomic E-state index is 13.1. The summed E-state index contributed by atoms with van der Waals surface area (Å²) in [5.74, 6) is -1.33. The molecule has 0 radical (unpaired) electrons. The van der Waals surface area contributed by atoms with Crippen molar-refractivity contribution >= 4 is 25.0 Å². The lowest BCUT2D eigenvalue weighted by atomic mass is 10.2. The summed E-state index contributed by atoms with van der Waals surface area (Å²) in [5, 5.41) is 0. The van der Waals surface area contributed by atoms with Gasteiger partial charge in [0.2, 0.25) is 0 Å². The van der Waals surface area contributed by atoms with Crippen molar-refractivity contribution in [3.63, 3.8) is 0 Å². The van der Waals surface area contributed by atoms with Crippen LogP contribution in [0.15, 0.2) is 0 Å². The highest BCUT2D eigenvalue weighted by molar-refractivity contribution is 7.63. The molecule has 0 spiro atoms. The van der Waals surface area contributed by atoms with E-state index in [9.17, 15) is 18.9 Å². The van der Waals surface area contributed by atoms with Crippen LogP contribution in [0.4, 0.5) is 0 Å². The highest BCUT2D eigenvalue weighted by atomic mass is 31.2. The lowest BCUT2D eigenvalue weighted by Crippen LogP contribution is -2.16. The Balaban J connectivity index is 4.62. The second kappa shape index (κ2) is 17.5. The first-order valence-electron chi connectivity index (χ1n) is 10.9. The molecule has 0 bridgehead atoms. The number of ether oxygens (including phenoxy) is 3. The SMILES string of the molecule is CCCCCC(=O)OCP(=O)(COC(=O)CCCCC)COC(=O)CCCCC. The molecule has 8 heteroatoms. The molecule has 0 aliphatic rings. The zero-order valence-corrected chi connectivity index (χ0v) is 19.3. The fraction of sp³-hybridized carbons (Fsp3) is 0.857. The number of hydrogen-bond donors (Lipinski definition) is 0. The fourth-order valence-electron chi connectivity index (χ4n) is 2.46. The van der Waals surface area contributed by atoms with Crippen molar-refractivity contribution in [3.8, 4) is 0 Å². The van der Waals surface area contributed by atoms with Gasteiger partial charge in [0.25, 0.3) is 0 Å². The van der Waals surface area contributed by atoms with E-state index in [0.717, 1.165) is 38.5 Å². The molecule has 0 rings (SSSR count). The van der Waals surface area contributed by atoms with Crippen LogP contribution in [-0.4, -0.2) is 37.0 Å². The summed E-state index contributed by atoms with van der Waals surface area (Å²) in [6.45, 7) is 6.09. The molecule has 0 fully saturated rings. The molecule has 0 saturated carbocycles. The Morgan fingerprint density at radius 3 is 1.07 bits per heavy atom. The maximum atomic E-state index is 13.1. The molecule has 0 saturated heterocycles. The number of esters is 3. The lowest BCUT2D eigenvalue weighted by molar-refractivity contribution is -0.142. The van der Waals surface area contributed by atoms with Crippen molar-refractivity contribution in [2.75, 3.05) is 19.0 Å². The third kappa shape index (κ3) is 16.2. The minimum absolute atomic E-state index is 0.251. The van der Waals surface area contributed by atoms with Gasteiger partial charge in [0.15, 0.2) is 7.14 Å². The van der Waals surface area contributed by atoms with Crippen LogP contribution in [0.5, 0.6) is 0 Å². The van der Waals surface area contributed by atoms with E-state index in [2.05, 4.69) is 0 Å². The summed E-state index contributed by atoms with van der Waals surface area (Å²) in [7, 11) is -3.33. The van der Waals surface area contributed by atoms with Crippen LogP contribution >= 0.6 is 7.14 Å². The van der Waals surface area contributed by atoms with Crippen LogP contribution in [0.25, 0.3) is 0 Å². The zero-order chi connectivity index (χ0) is 22.0. The standard InChI is InChI=1S/C21H39O7P/c1-4-7-10-13-19(22)26-16-29(25,17-27-20(23)14-11-8-5-2)18-28-21(24)15-12-9-6-3/h4-18H2,1-3H3. The van der Waals surface area contributed by atoms with Crippen molar-refractivity contribution in [1.82, 2.24) is 0 Å². The first kappa shape index (κ1) is 27.6. The molecule has 29 heavy (non-hydrogen) atoms. The Morgan fingerprint density at radius 2 is 0.828 bits per heavy atom. The number of unbranched alkanes of at least 4 members (excludes halogenated alkanes) is 6. The van der Waals surface area contributed by atoms with Crippen molar-refractivity contribution < 1.29 is 33.2 Å². The van der Waals surface area contributed by atoms with Gasteiger partial charge in [0.1, 0.15) is 19.0 Å². The van der Waals surface area contributed by atoms with Gasteiger partial charge < -0.3 is 18.8 Å². The molecule has 0 aliphatic heterocycles. The summed E-state index contributed by atoms with van der Waals surface area (Å²) in [5.41, 5.74) is 0. The lowest BCUT2D eigenvalue weighted by Gasteiger charge is -2.18. The van der Waals surface area contributed by atoms with Crippen molar-refractivity contribution in [2.45, 2.75) is 97.8 Å². The van der Waals surface area contributed by atoms with Crippen molar-refractivity contribution in [2.24, 2.45) is 0 Å². The second-order valence-corrected chi connectivity index (χ2v) is 10.3. The Hall–Kier alpha value is -1.36. The first-order valence-corrected chi connectivity index (χ1v) is 13.2. The third-order valence-electron chi connectivity index (χ3n) is 4.34. The van der Waals surface area contributed by atoms with Gasteiger partial charge in [-0.2, -0.15) is 0 Å². The minimum atomic E-state index is -3.33. The minimum Gasteiger partial charge on any atom is -0.457 e. The molecule has 170 valence electrons. The number of carbonyl (C=O) groups excluding carboxylic acids is 3. The molecular weight excluding hydrogens is 395 g/mol. The second-order valence-electron chi connectivity index (χ2n) is 7.37. The van der Waals surface area contributed by atoms with Crippen LogP contribution < -0.4 is 0 Å². The van der Waals surface area contributed by atoms with Crippen LogP contribution in [0.3, 0.4) is 0 Å². The normalized spacial score (nSPS) is 11.1. The molecule has 0 aromatic carbocycles. The van der Waals surface area contributed by atoms with Gasteiger partial charge in [-0.3, -0.25) is 14.4 Å². The van der Waals surface area contributed by atoms with Crippen LogP contribution in [0.2, 0.25) is 0 Å². The predicted octanol–water partition coefficient (Wildman–Crippen LogP) is 5.59. The van der Waals surface area contributed by atoms with E-state index in [1.54, 1.807) is 0 Å². The monoisotopic (exact) mass is 434 g/mol. The van der Waals surface area contributed by atoms with Crippen LogP contribution in [0, 0.1) is 0 Å². The molecule has 0 heterocycles. The molecule has 0 amide bonds. The first-order chi connectivity index (χ1) is 13.9. The number of hydrogen-bond acceptors (Lipinski definition) is 7. The van der Waals surface area contributed by atoms with Crippen LogP contribution in [-0.2, 0) is 33.2 Å². The van der Waals surface area contributed by atoms with E-state index >= 15 is 0 Å². The van der Waals surface area contributed by atoms with E-state index < -0.39 is 25.0 Å². The van der Waals surface area contributed by atoms with Crippen molar-refractivity contribution in [1.29, 1.82) is 0 Å². The highest BCUT2D eigenvalue weighted by Gasteiger charge is 2.28. The molecule has 7 nitrogen and oxygen atoms in total. The molecule has 0 unspecified atom stereocenters. The van der Waals surface area contributed by atoms with E-state index in [-0.39, 0.29) is 38.3 Å². The Kier molecular flexibility index (Phi) is 16.7. The quantitative estimate of drug-likeness (QED) is 0.120. The van der Waals surface area contributed by atoms with E-state index in [1.165, 1.54) is 0 Å². The van der Waals surface area contributed by atoms with Gasteiger partial charge >= 0.3 is 17.9 Å². The summed E-state index contributed by atoms with van der Waals surface area (Å²) >= 11 is 0. The topological polar surface area (TPSA) is 96.0 Å². The zero-order valence-electron chi connectivity index (χ0n) is 18.4. The van der Waals surface area contributed by atoms with Gasteiger partial charge in [-0.05, 0) is 19.3 Å². The third-order valence-corrected chi connectivity index (χ3v) is 6.13. The Morgan fingerprint density at radius 1 is 0.552 bits per heavy atom. The van der Waals surface area contributed by atoms with Gasteiger partial charge in [-0.1, -0.05) is 59.3 Å². The van der Waals surface area contributed by atoms with E-state index in [0.29, 0.717) is 19.3 Å². The fourth-order valence-corrected chi connectivity index (χ4v) is 3.82. The smallest absolute Gasteiger partial charge is 0.306 e. The molecule has 0 aromatic heterocycles. The Labute approximate surface area is 175 Å². The molecule has 0 N–H and O–H groups in total. The van der Waals surface area contributed by atoms with Crippen molar-refractivity contribution in [3.05, 3.63) is 0 Å². The van der Waals surface area contributed by atoms with E-state index in [1.807, 2.05) is 20.8 Å². The van der Waals surface area contributed by atoms with Gasteiger partial charge in [-0.25, -0.2) is 0 Å². The largest absolute Gasteiger partial charge is 0.457 e. The van der Waals surface area contributed by atoms with Crippen LogP contribution in [0.1, 0.15) is 97.8 Å². The number of carbonyl (C=O) groups is 3. The number of rotatable bonds is 18. The summed E-state index contributed by atoms with van der Waals surface area (Å²) in [6, 6.07) is 0. The average Bonchev–Trinajstić information content (AvgIpc) is 2.70. The summed E-state index contributed by atoms with van der Waals surface area (Å²) < 4.78 is 28.5. The molecular formula is C21H39O7P. The predicted molar refractivity (Wildman–Crippen MR) is 113 cm³/mol. The molecule has 0 aromatic rings. The van der Waals surface area contributed by atoms with Gasteiger partial charge in [-0.15, -0.1) is 0 Å². The van der Waals surface area contributed by atoms with Gasteiger partial charge in [0.05, 0.1) is 0 Å². The van der Waals surface area contributed by atoms with E-state index in [4.69, 9.17) is 14.2 Å². The van der Waals surface area contributed by atoms with Gasteiger partial charge in [0, 0.05) is 19.3 Å². The highest BCUT2D eigenvalue weighted by Crippen LogP contribution is 2.46. The summed E-state index contributed by atoms with van der Waals surface area (Å²) in [4.78, 5) is 35.5. The summed E-state index contributed by atoms with van der Waals surface area (Å²) in [6.07, 6.45) is 7.40.